The average molecular weight is 438 g/mol. The number of amides is 2. The lowest BCUT2D eigenvalue weighted by atomic mass is 10.1. The molecule has 2 aliphatic rings. The van der Waals surface area contributed by atoms with Gasteiger partial charge in [0.05, 0.1) is 13.2 Å². The van der Waals surface area contributed by atoms with Crippen molar-refractivity contribution in [2.45, 2.75) is 38.7 Å². The molecule has 2 amide bonds. The molecule has 0 saturated carbocycles. The molecule has 4 rings (SSSR count). The first kappa shape index (κ1) is 20.5. The molecule has 158 valence electrons. The van der Waals surface area contributed by atoms with Gasteiger partial charge in [0.1, 0.15) is 27.9 Å². The van der Waals surface area contributed by atoms with E-state index in [2.05, 4.69) is 5.32 Å². The second-order valence-electron chi connectivity index (χ2n) is 7.28. The molecule has 0 bridgehead atoms. The maximum absolute atomic E-state index is 13.8. The minimum Gasteiger partial charge on any atom is -0.356 e. The Hall–Kier alpha value is -2.78. The maximum Gasteiger partial charge on any atom is 0.274 e. The summed E-state index contributed by atoms with van der Waals surface area (Å²) in [4.78, 5) is 39.7. The van der Waals surface area contributed by atoms with Gasteiger partial charge in [-0.3, -0.25) is 14.4 Å². The Bertz CT molecular complexity index is 1100. The lowest BCUT2D eigenvalue weighted by Gasteiger charge is -2.44. The number of nitrogens with one attached hydrogen (secondary N) is 1. The van der Waals surface area contributed by atoms with Gasteiger partial charge >= 0.3 is 0 Å². The smallest absolute Gasteiger partial charge is 0.274 e. The van der Waals surface area contributed by atoms with E-state index in [0.717, 1.165) is 6.07 Å². The highest BCUT2D eigenvalue weighted by molar-refractivity contribution is 6.33. The number of hydrogen-bond donors (Lipinski definition) is 1. The van der Waals surface area contributed by atoms with Gasteiger partial charge in [0.15, 0.2) is 6.23 Å². The van der Waals surface area contributed by atoms with Crippen LogP contribution in [0, 0.1) is 11.6 Å². The van der Waals surface area contributed by atoms with Gasteiger partial charge < -0.3 is 19.5 Å². The molecule has 0 unspecified atom stereocenters. The second-order valence-corrected chi connectivity index (χ2v) is 7.66. The summed E-state index contributed by atoms with van der Waals surface area (Å²) < 4.78 is 33.9. The van der Waals surface area contributed by atoms with Crippen molar-refractivity contribution >= 4 is 23.4 Å². The van der Waals surface area contributed by atoms with Gasteiger partial charge in [-0.2, -0.15) is 0 Å². The molecule has 0 spiro atoms. The minimum atomic E-state index is -0.815. The molecule has 2 aromatic rings. The minimum absolute atomic E-state index is 0.0106. The van der Waals surface area contributed by atoms with Crippen LogP contribution in [0.4, 0.5) is 8.78 Å². The van der Waals surface area contributed by atoms with Crippen LogP contribution in [-0.4, -0.2) is 40.2 Å². The maximum atomic E-state index is 13.8. The molecule has 2 aliphatic heterocycles. The third-order valence-electron chi connectivity index (χ3n) is 5.34. The number of fused-ring (bicyclic) bond motifs is 2. The first-order valence-electron chi connectivity index (χ1n) is 9.37. The first-order chi connectivity index (χ1) is 14.3. The molecule has 0 aliphatic carbocycles. The van der Waals surface area contributed by atoms with E-state index in [1.807, 2.05) is 6.92 Å². The molecule has 1 fully saturated rings. The van der Waals surface area contributed by atoms with Gasteiger partial charge in [0.25, 0.3) is 11.8 Å². The lowest BCUT2D eigenvalue weighted by molar-refractivity contribution is -0.112. The fraction of sp³-hybridized carbons (Fsp3) is 0.350. The van der Waals surface area contributed by atoms with Crippen molar-refractivity contribution in [1.82, 2.24) is 14.8 Å². The molecule has 7 nitrogen and oxygen atoms in total. The monoisotopic (exact) mass is 437 g/mol. The highest BCUT2D eigenvalue weighted by Crippen LogP contribution is 2.28. The molecular weight excluding hydrogens is 420 g/mol. The summed E-state index contributed by atoms with van der Waals surface area (Å²) in [5.41, 5.74) is -1.01. The molecule has 3 heterocycles. The Morgan fingerprint density at radius 3 is 2.83 bits per heavy atom. The van der Waals surface area contributed by atoms with Crippen LogP contribution in [0.5, 0.6) is 0 Å². The fourth-order valence-electron chi connectivity index (χ4n) is 3.73. The Morgan fingerprint density at radius 2 is 2.10 bits per heavy atom. The number of pyridine rings is 1. The van der Waals surface area contributed by atoms with Crippen LogP contribution < -0.4 is 10.7 Å². The van der Waals surface area contributed by atoms with Crippen LogP contribution in [-0.2, 0) is 17.8 Å². The highest BCUT2D eigenvalue weighted by Gasteiger charge is 2.40. The molecule has 1 aromatic carbocycles. The zero-order valence-corrected chi connectivity index (χ0v) is 16.7. The third-order valence-corrected chi connectivity index (χ3v) is 5.69. The Kier molecular flexibility index (Phi) is 5.33. The summed E-state index contributed by atoms with van der Waals surface area (Å²) in [6, 6.07) is 2.91. The molecule has 2 atom stereocenters. The normalized spacial score (nSPS) is 20.5. The van der Waals surface area contributed by atoms with Crippen molar-refractivity contribution in [1.29, 1.82) is 0 Å². The van der Waals surface area contributed by atoms with E-state index < -0.39 is 35.1 Å². The first-order valence-corrected chi connectivity index (χ1v) is 9.75. The summed E-state index contributed by atoms with van der Waals surface area (Å²) in [5, 5.41) is 2.07. The largest absolute Gasteiger partial charge is 0.356 e. The Balaban J connectivity index is 1.63. The van der Waals surface area contributed by atoms with Crippen molar-refractivity contribution in [2.75, 3.05) is 6.61 Å². The van der Waals surface area contributed by atoms with Crippen molar-refractivity contribution in [3.63, 3.8) is 0 Å². The number of carbonyl (C=O) groups is 2. The van der Waals surface area contributed by atoms with Crippen LogP contribution in [0.25, 0.3) is 0 Å². The van der Waals surface area contributed by atoms with E-state index in [-0.39, 0.29) is 41.0 Å². The van der Waals surface area contributed by atoms with E-state index in [9.17, 15) is 23.2 Å². The molecule has 30 heavy (non-hydrogen) atoms. The third kappa shape index (κ3) is 3.48. The van der Waals surface area contributed by atoms with Crippen molar-refractivity contribution < 1.29 is 23.1 Å². The summed E-state index contributed by atoms with van der Waals surface area (Å²) in [6.45, 7) is 2.36. The van der Waals surface area contributed by atoms with E-state index in [0.29, 0.717) is 19.1 Å². The predicted molar refractivity (Wildman–Crippen MR) is 103 cm³/mol. The van der Waals surface area contributed by atoms with Gasteiger partial charge in [-0.1, -0.05) is 17.7 Å². The standard InChI is InChI=1S/C20H18ClF2N3O4/c1-10-4-5-30-15-9-25-8-13(18(27)16(21)17(25)20(29)26(10)15)19(28)24-7-11-2-3-12(22)6-14(11)23/h2-3,6,8,10,15H,4-5,7,9H2,1H3,(H,24,28)/t10-,15+/m1/s1. The summed E-state index contributed by atoms with van der Waals surface area (Å²) in [7, 11) is 0. The number of nitrogens with zero attached hydrogens (tertiary/aromatic N) is 2. The Labute approximate surface area is 175 Å². The lowest BCUT2D eigenvalue weighted by Crippen LogP contribution is -2.57. The number of halogens is 3. The number of carbonyl (C=O) groups excluding carboxylic acids is 2. The number of hydrogen-bond acceptors (Lipinski definition) is 4. The highest BCUT2D eigenvalue weighted by atomic mass is 35.5. The summed E-state index contributed by atoms with van der Waals surface area (Å²) in [6.07, 6.45) is 1.42. The van der Waals surface area contributed by atoms with Gasteiger partial charge in [-0.15, -0.1) is 0 Å². The summed E-state index contributed by atoms with van der Waals surface area (Å²) in [5.74, 6) is -2.76. The molecule has 1 aromatic heterocycles. The second kappa shape index (κ2) is 7.81. The molecule has 1 saturated heterocycles. The topological polar surface area (TPSA) is 80.6 Å². The zero-order valence-electron chi connectivity index (χ0n) is 16.0. The predicted octanol–water partition coefficient (Wildman–Crippen LogP) is 2.30. The quantitative estimate of drug-likeness (QED) is 0.799. The van der Waals surface area contributed by atoms with Crippen LogP contribution in [0.2, 0.25) is 5.02 Å². The number of aromatic nitrogens is 1. The number of ether oxygens (including phenoxy) is 1. The van der Waals surface area contributed by atoms with Gasteiger partial charge in [-0.25, -0.2) is 8.78 Å². The number of benzene rings is 1. The summed E-state index contributed by atoms with van der Waals surface area (Å²) >= 11 is 6.19. The van der Waals surface area contributed by atoms with E-state index >= 15 is 0 Å². The number of rotatable bonds is 3. The molecule has 0 radical (unpaired) electrons. The molecule has 1 N–H and O–H groups in total. The van der Waals surface area contributed by atoms with Gasteiger partial charge in [0.2, 0.25) is 5.43 Å². The van der Waals surface area contributed by atoms with Crippen LogP contribution in [0.1, 0.15) is 39.8 Å². The zero-order chi connectivity index (χ0) is 21.6. The molecule has 10 heteroatoms. The van der Waals surface area contributed by atoms with Crippen molar-refractivity contribution in [3.05, 3.63) is 68.1 Å². The van der Waals surface area contributed by atoms with Crippen LogP contribution in [0.15, 0.2) is 29.2 Å². The average Bonchev–Trinajstić information content (AvgIpc) is 2.69. The SMILES string of the molecule is C[C@@H]1CCO[C@H]2Cn3cc(C(=O)NCc4ccc(F)cc4F)c(=O)c(Cl)c3C(=O)N12. The van der Waals surface area contributed by atoms with Crippen molar-refractivity contribution in [3.8, 4) is 0 Å². The van der Waals surface area contributed by atoms with E-state index in [1.54, 1.807) is 4.90 Å². The Morgan fingerprint density at radius 1 is 1.33 bits per heavy atom. The van der Waals surface area contributed by atoms with Crippen LogP contribution >= 0.6 is 11.6 Å². The fourth-order valence-corrected chi connectivity index (χ4v) is 4.02. The van der Waals surface area contributed by atoms with E-state index in [1.165, 1.54) is 16.8 Å². The molecular formula is C20H18ClF2N3O4. The van der Waals surface area contributed by atoms with Crippen molar-refractivity contribution in [2.24, 2.45) is 0 Å². The van der Waals surface area contributed by atoms with E-state index in [4.69, 9.17) is 16.3 Å². The van der Waals surface area contributed by atoms with Gasteiger partial charge in [-0.05, 0) is 19.4 Å². The van der Waals surface area contributed by atoms with Crippen LogP contribution in [0.3, 0.4) is 0 Å². The van der Waals surface area contributed by atoms with Gasteiger partial charge in [0, 0.05) is 30.4 Å².